The highest BCUT2D eigenvalue weighted by Gasteiger charge is 2.59. The Balaban J connectivity index is 1.25. The van der Waals surface area contributed by atoms with Crippen molar-refractivity contribution in [2.75, 3.05) is 13.6 Å². The van der Waals surface area contributed by atoms with E-state index in [1.807, 2.05) is 0 Å². The fourth-order valence-electron chi connectivity index (χ4n) is 8.71. The maximum absolute atomic E-state index is 13.6. The van der Waals surface area contributed by atoms with Gasteiger partial charge in [-0.1, -0.05) is 26.0 Å². The molecule has 3 nitrogen and oxygen atoms in total. The normalized spacial score (nSPS) is 42.4. The van der Waals surface area contributed by atoms with E-state index in [9.17, 15) is 4.39 Å². The van der Waals surface area contributed by atoms with Gasteiger partial charge in [-0.05, 0) is 92.9 Å². The van der Waals surface area contributed by atoms with Crippen LogP contribution >= 0.6 is 0 Å². The standard InChI is InChI=1S/C27H36FN3/c1-26-13-11-21-19(7-10-24-27(21,2)12-4-14-31(24)3)20(26)8-5-17(26)15-25-29-22-9-6-18(28)16-23(22)30-25/h4,6,9,12,16-17,19-21,24H,5,7-8,10-11,13-15H2,1-3H3,(H,29,30). The van der Waals surface area contributed by atoms with Crippen LogP contribution in [0.25, 0.3) is 11.0 Å². The predicted molar refractivity (Wildman–Crippen MR) is 123 cm³/mol. The highest BCUT2D eigenvalue weighted by atomic mass is 19.1. The number of nitrogens with zero attached hydrogens (tertiary/aromatic N) is 2. The molecule has 3 saturated carbocycles. The summed E-state index contributed by atoms with van der Waals surface area (Å²) < 4.78 is 13.6. The van der Waals surface area contributed by atoms with Crippen LogP contribution in [0.15, 0.2) is 30.4 Å². The molecule has 2 aromatic rings. The van der Waals surface area contributed by atoms with Crippen LogP contribution in [0.4, 0.5) is 4.39 Å². The molecule has 3 fully saturated rings. The lowest BCUT2D eigenvalue weighted by atomic mass is 9.47. The minimum atomic E-state index is -0.194. The van der Waals surface area contributed by atoms with Crippen molar-refractivity contribution in [3.63, 3.8) is 0 Å². The number of aromatic nitrogens is 2. The monoisotopic (exact) mass is 421 g/mol. The maximum Gasteiger partial charge on any atom is 0.125 e. The van der Waals surface area contributed by atoms with E-state index in [0.717, 1.165) is 53.6 Å². The van der Waals surface area contributed by atoms with Crippen LogP contribution in [0.5, 0.6) is 0 Å². The van der Waals surface area contributed by atoms with Gasteiger partial charge in [0.05, 0.1) is 11.0 Å². The van der Waals surface area contributed by atoms with E-state index in [2.05, 4.69) is 42.9 Å². The maximum atomic E-state index is 13.6. The van der Waals surface area contributed by atoms with E-state index < -0.39 is 0 Å². The summed E-state index contributed by atoms with van der Waals surface area (Å²) in [6, 6.07) is 5.60. The number of nitrogens with one attached hydrogen (secondary N) is 1. The summed E-state index contributed by atoms with van der Waals surface area (Å²) in [5.41, 5.74) is 2.48. The number of imidazole rings is 1. The Hall–Kier alpha value is -1.68. The first-order valence-electron chi connectivity index (χ1n) is 12.4. The molecule has 0 radical (unpaired) electrons. The smallest absolute Gasteiger partial charge is 0.125 e. The molecule has 6 rings (SSSR count). The second kappa shape index (κ2) is 6.91. The molecule has 0 bridgehead atoms. The summed E-state index contributed by atoms with van der Waals surface area (Å²) in [4.78, 5) is 10.8. The molecular formula is C27H36FN3. The lowest BCUT2D eigenvalue weighted by Gasteiger charge is -2.60. The van der Waals surface area contributed by atoms with Crippen LogP contribution in [0, 0.1) is 40.3 Å². The van der Waals surface area contributed by atoms with Gasteiger partial charge < -0.3 is 4.98 Å². The van der Waals surface area contributed by atoms with Crippen molar-refractivity contribution in [1.82, 2.24) is 14.9 Å². The summed E-state index contributed by atoms with van der Waals surface area (Å²) in [7, 11) is 2.32. The van der Waals surface area contributed by atoms with Gasteiger partial charge >= 0.3 is 0 Å². The second-order valence-electron chi connectivity index (χ2n) is 11.5. The van der Waals surface area contributed by atoms with E-state index in [1.165, 1.54) is 44.6 Å². The molecule has 0 saturated heterocycles. The molecule has 1 aromatic heterocycles. The molecule has 7 atom stereocenters. The van der Waals surface area contributed by atoms with E-state index in [0.29, 0.717) is 16.7 Å². The lowest BCUT2D eigenvalue weighted by Crippen LogP contribution is -2.58. The number of benzene rings is 1. The van der Waals surface area contributed by atoms with E-state index in [-0.39, 0.29) is 5.82 Å². The van der Waals surface area contributed by atoms with Crippen LogP contribution in [0.1, 0.15) is 58.2 Å². The highest BCUT2D eigenvalue weighted by Crippen LogP contribution is 2.65. The van der Waals surface area contributed by atoms with Gasteiger partial charge in [0, 0.05) is 24.4 Å². The first-order valence-corrected chi connectivity index (χ1v) is 12.4. The van der Waals surface area contributed by atoms with Gasteiger partial charge in [0.25, 0.3) is 0 Å². The van der Waals surface area contributed by atoms with Crippen LogP contribution in [0.2, 0.25) is 0 Å². The molecule has 0 spiro atoms. The fourth-order valence-corrected chi connectivity index (χ4v) is 8.71. The molecule has 4 heteroatoms. The molecule has 2 heterocycles. The average molecular weight is 422 g/mol. The average Bonchev–Trinajstić information content (AvgIpc) is 3.28. The van der Waals surface area contributed by atoms with Crippen molar-refractivity contribution < 1.29 is 4.39 Å². The summed E-state index contributed by atoms with van der Waals surface area (Å²) in [5.74, 6) is 4.07. The molecule has 31 heavy (non-hydrogen) atoms. The van der Waals surface area contributed by atoms with Gasteiger partial charge in [-0.25, -0.2) is 9.37 Å². The number of hydrogen-bond donors (Lipinski definition) is 1. The van der Waals surface area contributed by atoms with Crippen molar-refractivity contribution in [2.24, 2.45) is 34.5 Å². The third kappa shape index (κ3) is 2.90. The Morgan fingerprint density at radius 2 is 2.00 bits per heavy atom. The molecule has 1 N–H and O–H groups in total. The van der Waals surface area contributed by atoms with E-state index in [4.69, 9.17) is 4.98 Å². The van der Waals surface area contributed by atoms with Gasteiger partial charge in [-0.15, -0.1) is 0 Å². The molecular weight excluding hydrogens is 385 g/mol. The molecule has 7 unspecified atom stereocenters. The number of rotatable bonds is 2. The number of H-pyrrole nitrogens is 1. The third-order valence-electron chi connectivity index (χ3n) is 10.3. The van der Waals surface area contributed by atoms with Crippen molar-refractivity contribution in [2.45, 2.75) is 64.8 Å². The summed E-state index contributed by atoms with van der Waals surface area (Å²) >= 11 is 0. The zero-order chi connectivity index (χ0) is 21.4. The number of halogens is 1. The fraction of sp³-hybridized carbons (Fsp3) is 0.667. The van der Waals surface area contributed by atoms with Crippen molar-refractivity contribution in [3.05, 3.63) is 42.0 Å². The van der Waals surface area contributed by atoms with Crippen LogP contribution in [-0.2, 0) is 6.42 Å². The molecule has 0 amide bonds. The van der Waals surface area contributed by atoms with Crippen molar-refractivity contribution >= 4 is 11.0 Å². The zero-order valence-electron chi connectivity index (χ0n) is 19.2. The first kappa shape index (κ1) is 20.0. The summed E-state index contributed by atoms with van der Waals surface area (Å²) in [5, 5.41) is 0. The largest absolute Gasteiger partial charge is 0.342 e. The predicted octanol–water partition coefficient (Wildman–Crippen LogP) is 5.97. The quantitative estimate of drug-likeness (QED) is 0.606. The number of hydrogen-bond acceptors (Lipinski definition) is 2. The minimum Gasteiger partial charge on any atom is -0.342 e. The highest BCUT2D eigenvalue weighted by molar-refractivity contribution is 5.74. The number of likely N-dealkylation sites (N-methyl/N-ethyl adjacent to an activating group) is 1. The van der Waals surface area contributed by atoms with E-state index >= 15 is 0 Å². The number of fused-ring (bicyclic) bond motifs is 6. The van der Waals surface area contributed by atoms with Gasteiger partial charge in [-0.3, -0.25) is 4.90 Å². The van der Waals surface area contributed by atoms with Gasteiger partial charge in [-0.2, -0.15) is 0 Å². The Bertz CT molecular complexity index is 1030. The van der Waals surface area contributed by atoms with Crippen LogP contribution in [-0.4, -0.2) is 34.5 Å². The lowest BCUT2D eigenvalue weighted by molar-refractivity contribution is -0.0866. The zero-order valence-corrected chi connectivity index (χ0v) is 19.2. The number of aromatic amines is 1. The SMILES string of the molecule is CN1CC=CC2(C)C3CCC4(C)C(Cc5nc6ccc(F)cc6[nH]5)CCC4C3CCC12. The van der Waals surface area contributed by atoms with Crippen molar-refractivity contribution in [3.8, 4) is 0 Å². The summed E-state index contributed by atoms with van der Waals surface area (Å²) in [6.07, 6.45) is 14.2. The first-order chi connectivity index (χ1) is 14.9. The molecule has 1 aromatic carbocycles. The minimum absolute atomic E-state index is 0.194. The molecule has 166 valence electrons. The van der Waals surface area contributed by atoms with Gasteiger partial charge in [0.15, 0.2) is 0 Å². The van der Waals surface area contributed by atoms with E-state index in [1.54, 1.807) is 12.1 Å². The Morgan fingerprint density at radius 1 is 1.13 bits per heavy atom. The van der Waals surface area contributed by atoms with Gasteiger partial charge in [0.1, 0.15) is 11.6 Å². The Kier molecular flexibility index (Phi) is 4.45. The summed E-state index contributed by atoms with van der Waals surface area (Å²) in [6.45, 7) is 6.26. The Morgan fingerprint density at radius 3 is 2.87 bits per heavy atom. The molecule has 3 aliphatic carbocycles. The Labute approximate surface area is 185 Å². The molecule has 4 aliphatic rings. The molecule has 1 aliphatic heterocycles. The van der Waals surface area contributed by atoms with Crippen LogP contribution < -0.4 is 0 Å². The van der Waals surface area contributed by atoms with Gasteiger partial charge in [0.2, 0.25) is 0 Å². The second-order valence-corrected chi connectivity index (χ2v) is 11.5. The third-order valence-corrected chi connectivity index (χ3v) is 10.3. The topological polar surface area (TPSA) is 31.9 Å². The van der Waals surface area contributed by atoms with Crippen molar-refractivity contribution in [1.29, 1.82) is 0 Å². The van der Waals surface area contributed by atoms with Crippen LogP contribution in [0.3, 0.4) is 0 Å².